The Bertz CT molecular complexity index is 1000. The van der Waals surface area contributed by atoms with Gasteiger partial charge in [0.05, 0.1) is 20.0 Å². The lowest BCUT2D eigenvalue weighted by molar-refractivity contribution is -0.384. The molecule has 0 saturated carbocycles. The maximum atomic E-state index is 12.5. The first-order chi connectivity index (χ1) is 11.9. The molecular formula is C17H10Br3NO4. The van der Waals surface area contributed by atoms with Crippen LogP contribution in [0.25, 0.3) is 11.0 Å². The minimum Gasteiger partial charge on any atom is -0.458 e. The van der Waals surface area contributed by atoms with Crippen molar-refractivity contribution in [3.8, 4) is 0 Å². The molecule has 0 saturated heterocycles. The van der Waals surface area contributed by atoms with Crippen molar-refractivity contribution in [3.63, 3.8) is 0 Å². The van der Waals surface area contributed by atoms with E-state index in [4.69, 9.17) is 4.42 Å². The Balaban J connectivity index is 2.01. The van der Waals surface area contributed by atoms with Crippen LogP contribution in [0.1, 0.15) is 21.0 Å². The zero-order valence-corrected chi connectivity index (χ0v) is 17.2. The third-order valence-corrected chi connectivity index (χ3v) is 7.16. The van der Waals surface area contributed by atoms with Gasteiger partial charge in [-0.1, -0.05) is 56.1 Å². The maximum absolute atomic E-state index is 12.5. The van der Waals surface area contributed by atoms with Crippen LogP contribution in [0.2, 0.25) is 0 Å². The number of benzene rings is 2. The normalized spacial score (nSPS) is 13.6. The lowest BCUT2D eigenvalue weighted by Crippen LogP contribution is -2.09. The molecule has 0 N–H and O–H groups in total. The summed E-state index contributed by atoms with van der Waals surface area (Å²) < 4.78 is 6.25. The summed E-state index contributed by atoms with van der Waals surface area (Å²) >= 11 is 10.5. The van der Waals surface area contributed by atoms with E-state index in [9.17, 15) is 14.9 Å². The molecule has 0 spiro atoms. The number of para-hydroxylation sites is 1. The lowest BCUT2D eigenvalue weighted by Gasteiger charge is -2.18. The molecule has 1 heterocycles. The van der Waals surface area contributed by atoms with Gasteiger partial charge in [0.2, 0.25) is 5.43 Å². The number of non-ortho nitro benzene ring substituents is 1. The summed E-state index contributed by atoms with van der Waals surface area (Å²) in [6.45, 7) is 0. The molecule has 3 aromatic rings. The Labute approximate surface area is 167 Å². The standard InChI is InChI=1S/C17H10Br3NO4/c18-13(9-5-7-10(8-6-9)21(23)24)14(19)17-15(20)16(22)11-3-1-2-4-12(11)25-17/h1-8,13-14H. The summed E-state index contributed by atoms with van der Waals surface area (Å²) in [5.74, 6) is 0.448. The highest BCUT2D eigenvalue weighted by molar-refractivity contribution is 9.12. The fourth-order valence-electron chi connectivity index (χ4n) is 2.40. The van der Waals surface area contributed by atoms with Crippen molar-refractivity contribution in [1.82, 2.24) is 0 Å². The predicted molar refractivity (Wildman–Crippen MR) is 107 cm³/mol. The van der Waals surface area contributed by atoms with Crippen LogP contribution in [0, 0.1) is 10.1 Å². The van der Waals surface area contributed by atoms with Gasteiger partial charge in [-0.3, -0.25) is 14.9 Å². The number of rotatable bonds is 4. The molecule has 2 unspecified atom stereocenters. The molecule has 2 aromatic carbocycles. The highest BCUT2D eigenvalue weighted by Gasteiger charge is 2.26. The lowest BCUT2D eigenvalue weighted by atomic mass is 10.1. The first-order valence-corrected chi connectivity index (χ1v) is 9.76. The Morgan fingerprint density at radius 2 is 1.64 bits per heavy atom. The van der Waals surface area contributed by atoms with Gasteiger partial charge >= 0.3 is 0 Å². The van der Waals surface area contributed by atoms with Crippen LogP contribution in [0.15, 0.2) is 62.2 Å². The van der Waals surface area contributed by atoms with Crippen LogP contribution >= 0.6 is 47.8 Å². The molecule has 25 heavy (non-hydrogen) atoms. The summed E-state index contributed by atoms with van der Waals surface area (Å²) in [5.41, 5.74) is 1.19. The molecule has 3 rings (SSSR count). The second-order valence-electron chi connectivity index (χ2n) is 5.26. The maximum Gasteiger partial charge on any atom is 0.269 e. The van der Waals surface area contributed by atoms with Crippen LogP contribution in [0.4, 0.5) is 5.69 Å². The predicted octanol–water partition coefficient (Wildman–Crippen LogP) is 6.04. The number of nitro benzene ring substituents is 1. The van der Waals surface area contributed by atoms with Crippen LogP contribution < -0.4 is 5.43 Å². The fraction of sp³-hybridized carbons (Fsp3) is 0.118. The van der Waals surface area contributed by atoms with E-state index >= 15 is 0 Å². The van der Waals surface area contributed by atoms with E-state index in [0.717, 1.165) is 5.56 Å². The van der Waals surface area contributed by atoms with Crippen molar-refractivity contribution in [2.45, 2.75) is 9.65 Å². The van der Waals surface area contributed by atoms with Crippen molar-refractivity contribution in [3.05, 3.63) is 84.7 Å². The summed E-state index contributed by atoms with van der Waals surface area (Å²) in [6.07, 6.45) is 0. The van der Waals surface area contributed by atoms with Crippen molar-refractivity contribution in [2.75, 3.05) is 0 Å². The second-order valence-corrected chi connectivity index (χ2v) is 8.02. The van der Waals surface area contributed by atoms with Crippen LogP contribution in [0.5, 0.6) is 0 Å². The highest BCUT2D eigenvalue weighted by Crippen LogP contribution is 2.44. The number of nitro groups is 1. The SMILES string of the molecule is O=c1c(Br)c(C(Br)C(Br)c2ccc([N+](=O)[O-])cc2)oc2ccccc12. The van der Waals surface area contributed by atoms with Gasteiger partial charge in [0, 0.05) is 12.1 Å². The third kappa shape index (κ3) is 3.56. The summed E-state index contributed by atoms with van der Waals surface area (Å²) in [6, 6.07) is 13.2. The molecule has 1 aromatic heterocycles. The van der Waals surface area contributed by atoms with Gasteiger partial charge < -0.3 is 4.42 Å². The zero-order valence-electron chi connectivity index (χ0n) is 12.5. The number of hydrogen-bond donors (Lipinski definition) is 0. The Morgan fingerprint density at radius 1 is 1.00 bits per heavy atom. The van der Waals surface area contributed by atoms with Gasteiger partial charge in [-0.15, -0.1) is 0 Å². The highest BCUT2D eigenvalue weighted by atomic mass is 79.9. The number of alkyl halides is 2. The molecule has 0 radical (unpaired) electrons. The number of halogens is 3. The van der Waals surface area contributed by atoms with Gasteiger partial charge in [-0.2, -0.15) is 0 Å². The van der Waals surface area contributed by atoms with E-state index in [0.29, 0.717) is 21.2 Å². The van der Waals surface area contributed by atoms with Crippen LogP contribution in [-0.2, 0) is 0 Å². The summed E-state index contributed by atoms with van der Waals surface area (Å²) in [5, 5.41) is 11.3. The Morgan fingerprint density at radius 3 is 2.28 bits per heavy atom. The Hall–Kier alpha value is -1.51. The molecule has 0 bridgehead atoms. The minimum absolute atomic E-state index is 0.0213. The smallest absolute Gasteiger partial charge is 0.269 e. The van der Waals surface area contributed by atoms with E-state index in [-0.39, 0.29) is 20.8 Å². The van der Waals surface area contributed by atoms with E-state index in [2.05, 4.69) is 47.8 Å². The molecule has 0 aliphatic heterocycles. The topological polar surface area (TPSA) is 73.3 Å². The molecular weight excluding hydrogens is 522 g/mol. The molecule has 8 heteroatoms. The van der Waals surface area contributed by atoms with E-state index < -0.39 is 4.92 Å². The van der Waals surface area contributed by atoms with E-state index in [1.54, 1.807) is 36.4 Å². The van der Waals surface area contributed by atoms with E-state index in [1.165, 1.54) is 12.1 Å². The number of nitrogens with zero attached hydrogens (tertiary/aromatic N) is 1. The van der Waals surface area contributed by atoms with Crippen molar-refractivity contribution >= 4 is 64.4 Å². The minimum atomic E-state index is -0.447. The number of hydrogen-bond acceptors (Lipinski definition) is 4. The van der Waals surface area contributed by atoms with Gasteiger partial charge in [0.1, 0.15) is 15.8 Å². The van der Waals surface area contributed by atoms with Gasteiger partial charge in [-0.25, -0.2) is 0 Å². The number of fused-ring (bicyclic) bond motifs is 1. The summed E-state index contributed by atoms with van der Waals surface area (Å²) in [4.78, 5) is 22.2. The summed E-state index contributed by atoms with van der Waals surface area (Å²) in [7, 11) is 0. The molecule has 0 aliphatic rings. The van der Waals surface area contributed by atoms with Crippen molar-refractivity contribution in [1.29, 1.82) is 0 Å². The average molecular weight is 532 g/mol. The third-order valence-electron chi connectivity index (χ3n) is 3.70. The molecule has 128 valence electrons. The van der Waals surface area contributed by atoms with Gasteiger partial charge in [-0.05, 0) is 33.6 Å². The van der Waals surface area contributed by atoms with Crippen molar-refractivity contribution < 1.29 is 9.34 Å². The van der Waals surface area contributed by atoms with Gasteiger partial charge in [0.15, 0.2) is 0 Å². The van der Waals surface area contributed by atoms with Crippen LogP contribution in [-0.4, -0.2) is 4.92 Å². The molecule has 2 atom stereocenters. The van der Waals surface area contributed by atoms with Crippen molar-refractivity contribution in [2.24, 2.45) is 0 Å². The fourth-order valence-corrected chi connectivity index (χ4v) is 4.42. The van der Waals surface area contributed by atoms with Gasteiger partial charge in [0.25, 0.3) is 5.69 Å². The molecule has 0 aliphatic carbocycles. The second kappa shape index (κ2) is 7.39. The largest absolute Gasteiger partial charge is 0.458 e. The molecule has 0 amide bonds. The quantitative estimate of drug-likeness (QED) is 0.234. The van der Waals surface area contributed by atoms with E-state index in [1.807, 2.05) is 0 Å². The average Bonchev–Trinajstić information content (AvgIpc) is 2.63. The molecule has 0 fully saturated rings. The van der Waals surface area contributed by atoms with Crippen LogP contribution in [0.3, 0.4) is 0 Å². The first-order valence-electron chi connectivity index (χ1n) is 7.14. The Kier molecular flexibility index (Phi) is 5.41. The molecule has 5 nitrogen and oxygen atoms in total. The zero-order chi connectivity index (χ0) is 18.1. The monoisotopic (exact) mass is 529 g/mol. The first kappa shape index (κ1) is 18.3.